The first-order valence-electron chi connectivity index (χ1n) is 7.90. The van der Waals surface area contributed by atoms with Crippen molar-refractivity contribution in [2.24, 2.45) is 0 Å². The van der Waals surface area contributed by atoms with Gasteiger partial charge in [0.15, 0.2) is 0 Å². The highest BCUT2D eigenvalue weighted by Crippen LogP contribution is 2.13. The SMILES string of the molecule is O=C(Nc1ccccc1)c1ccc(S(=O)(=O)NCc2ccncc2)cc1. The molecule has 6 nitrogen and oxygen atoms in total. The summed E-state index contributed by atoms with van der Waals surface area (Å²) >= 11 is 0. The van der Waals surface area contributed by atoms with E-state index in [2.05, 4.69) is 15.0 Å². The van der Waals surface area contributed by atoms with Gasteiger partial charge in [-0.25, -0.2) is 13.1 Å². The first-order valence-corrected chi connectivity index (χ1v) is 9.38. The van der Waals surface area contributed by atoms with E-state index in [1.54, 1.807) is 36.7 Å². The number of nitrogens with zero attached hydrogens (tertiary/aromatic N) is 1. The van der Waals surface area contributed by atoms with Gasteiger partial charge in [-0.1, -0.05) is 18.2 Å². The van der Waals surface area contributed by atoms with Crippen molar-refractivity contribution in [1.29, 1.82) is 0 Å². The molecule has 2 aromatic carbocycles. The first-order chi connectivity index (χ1) is 12.5. The maximum Gasteiger partial charge on any atom is 0.255 e. The molecule has 0 spiro atoms. The Kier molecular flexibility index (Phi) is 5.40. The molecule has 26 heavy (non-hydrogen) atoms. The molecule has 0 bridgehead atoms. The fourth-order valence-electron chi connectivity index (χ4n) is 2.27. The number of rotatable bonds is 6. The summed E-state index contributed by atoms with van der Waals surface area (Å²) in [6.45, 7) is 0.168. The first kappa shape index (κ1) is 17.8. The van der Waals surface area contributed by atoms with Crippen molar-refractivity contribution in [3.8, 4) is 0 Å². The Labute approximate surface area is 152 Å². The topological polar surface area (TPSA) is 88.2 Å². The van der Waals surface area contributed by atoms with Gasteiger partial charge >= 0.3 is 0 Å². The second kappa shape index (κ2) is 7.90. The van der Waals surface area contributed by atoms with E-state index in [9.17, 15) is 13.2 Å². The summed E-state index contributed by atoms with van der Waals surface area (Å²) in [7, 11) is -3.66. The van der Waals surface area contributed by atoms with Gasteiger partial charge < -0.3 is 5.32 Å². The normalized spacial score (nSPS) is 11.1. The van der Waals surface area contributed by atoms with Crippen LogP contribution in [0.25, 0.3) is 0 Å². The van der Waals surface area contributed by atoms with Crippen LogP contribution in [0.2, 0.25) is 0 Å². The largest absolute Gasteiger partial charge is 0.322 e. The summed E-state index contributed by atoms with van der Waals surface area (Å²) < 4.78 is 27.2. The van der Waals surface area contributed by atoms with Crippen LogP contribution in [0.15, 0.2) is 84.0 Å². The van der Waals surface area contributed by atoms with E-state index in [0.717, 1.165) is 5.56 Å². The molecule has 0 radical (unpaired) electrons. The third-order valence-electron chi connectivity index (χ3n) is 3.67. The Morgan fingerprint density at radius 1 is 0.885 bits per heavy atom. The maximum absolute atomic E-state index is 12.4. The Balaban J connectivity index is 1.67. The monoisotopic (exact) mass is 367 g/mol. The van der Waals surface area contributed by atoms with Gasteiger partial charge in [0.05, 0.1) is 4.90 Å². The van der Waals surface area contributed by atoms with E-state index in [1.165, 1.54) is 24.3 Å². The van der Waals surface area contributed by atoms with Crippen LogP contribution in [0.4, 0.5) is 5.69 Å². The quantitative estimate of drug-likeness (QED) is 0.701. The maximum atomic E-state index is 12.4. The van der Waals surface area contributed by atoms with Crippen molar-refractivity contribution in [2.45, 2.75) is 11.4 Å². The van der Waals surface area contributed by atoms with Crippen LogP contribution in [0.1, 0.15) is 15.9 Å². The average molecular weight is 367 g/mol. The molecule has 0 saturated heterocycles. The lowest BCUT2D eigenvalue weighted by Crippen LogP contribution is -2.23. The second-order valence-electron chi connectivity index (χ2n) is 5.52. The fraction of sp³-hybridized carbons (Fsp3) is 0.0526. The lowest BCUT2D eigenvalue weighted by atomic mass is 10.2. The molecule has 132 valence electrons. The standard InChI is InChI=1S/C19H17N3O3S/c23-19(22-17-4-2-1-3-5-17)16-6-8-18(9-7-16)26(24,25)21-14-15-10-12-20-13-11-15/h1-13,21H,14H2,(H,22,23). The summed E-state index contributed by atoms with van der Waals surface area (Å²) in [6, 6.07) is 18.3. The number of pyridine rings is 1. The van der Waals surface area contributed by atoms with E-state index in [4.69, 9.17) is 0 Å². The number of amides is 1. The number of sulfonamides is 1. The van der Waals surface area contributed by atoms with Gasteiger partial charge in [-0.05, 0) is 54.1 Å². The number of hydrogen-bond donors (Lipinski definition) is 2. The number of hydrogen-bond acceptors (Lipinski definition) is 4. The number of benzene rings is 2. The minimum absolute atomic E-state index is 0.0998. The summed E-state index contributed by atoms with van der Waals surface area (Å²) in [5.74, 6) is -0.301. The minimum atomic E-state index is -3.66. The van der Waals surface area contributed by atoms with E-state index in [0.29, 0.717) is 11.3 Å². The molecular formula is C19H17N3O3S. The molecule has 0 fully saturated rings. The lowest BCUT2D eigenvalue weighted by Gasteiger charge is -2.08. The molecule has 3 aromatic rings. The smallest absolute Gasteiger partial charge is 0.255 e. The van der Waals surface area contributed by atoms with Crippen LogP contribution < -0.4 is 10.0 Å². The molecular weight excluding hydrogens is 350 g/mol. The molecule has 0 atom stereocenters. The predicted molar refractivity (Wildman–Crippen MR) is 99.1 cm³/mol. The summed E-state index contributed by atoms with van der Waals surface area (Å²) in [5.41, 5.74) is 1.86. The van der Waals surface area contributed by atoms with E-state index in [-0.39, 0.29) is 17.3 Å². The number of carbonyl (C=O) groups excluding carboxylic acids is 1. The zero-order valence-corrected chi connectivity index (χ0v) is 14.6. The van der Waals surface area contributed by atoms with Crippen LogP contribution in [0.5, 0.6) is 0 Å². The highest BCUT2D eigenvalue weighted by atomic mass is 32.2. The van der Waals surface area contributed by atoms with E-state index < -0.39 is 10.0 Å². The molecule has 0 saturated carbocycles. The highest BCUT2D eigenvalue weighted by Gasteiger charge is 2.15. The van der Waals surface area contributed by atoms with Crippen molar-refractivity contribution in [3.63, 3.8) is 0 Å². The number of carbonyl (C=O) groups is 1. The van der Waals surface area contributed by atoms with E-state index >= 15 is 0 Å². The molecule has 1 heterocycles. The van der Waals surface area contributed by atoms with Gasteiger partial charge in [0.1, 0.15) is 0 Å². The average Bonchev–Trinajstić information content (AvgIpc) is 2.68. The molecule has 3 rings (SSSR count). The van der Waals surface area contributed by atoms with Crippen LogP contribution in [-0.2, 0) is 16.6 Å². The van der Waals surface area contributed by atoms with Gasteiger partial charge in [0, 0.05) is 30.2 Å². The Morgan fingerprint density at radius 3 is 2.19 bits per heavy atom. The Bertz CT molecular complexity index is 974. The second-order valence-corrected chi connectivity index (χ2v) is 7.29. The number of aromatic nitrogens is 1. The van der Waals surface area contributed by atoms with Gasteiger partial charge in [0.2, 0.25) is 10.0 Å². The van der Waals surface area contributed by atoms with Gasteiger partial charge in [0.25, 0.3) is 5.91 Å². The molecule has 7 heteroatoms. The molecule has 0 unspecified atom stereocenters. The Hall–Kier alpha value is -3.03. The summed E-state index contributed by atoms with van der Waals surface area (Å²) in [6.07, 6.45) is 3.20. The van der Waals surface area contributed by atoms with Gasteiger partial charge in [-0.15, -0.1) is 0 Å². The van der Waals surface area contributed by atoms with Crippen molar-refractivity contribution >= 4 is 21.6 Å². The van der Waals surface area contributed by atoms with Crippen LogP contribution in [0, 0.1) is 0 Å². The zero-order valence-electron chi connectivity index (χ0n) is 13.8. The molecule has 1 aromatic heterocycles. The number of anilines is 1. The molecule has 0 aliphatic heterocycles. The third kappa shape index (κ3) is 4.53. The van der Waals surface area contributed by atoms with Crippen molar-refractivity contribution in [1.82, 2.24) is 9.71 Å². The molecule has 0 aliphatic rings. The van der Waals surface area contributed by atoms with Crippen molar-refractivity contribution < 1.29 is 13.2 Å². The van der Waals surface area contributed by atoms with Crippen LogP contribution in [0.3, 0.4) is 0 Å². The van der Waals surface area contributed by atoms with Crippen LogP contribution >= 0.6 is 0 Å². The molecule has 0 aliphatic carbocycles. The summed E-state index contributed by atoms with van der Waals surface area (Å²) in [5, 5.41) is 2.75. The van der Waals surface area contributed by atoms with Crippen molar-refractivity contribution in [2.75, 3.05) is 5.32 Å². The fourth-order valence-corrected chi connectivity index (χ4v) is 3.29. The van der Waals surface area contributed by atoms with Gasteiger partial charge in [-0.3, -0.25) is 9.78 Å². The molecule has 1 amide bonds. The predicted octanol–water partition coefficient (Wildman–Crippen LogP) is 2.81. The van der Waals surface area contributed by atoms with Crippen molar-refractivity contribution in [3.05, 3.63) is 90.3 Å². The molecule has 2 N–H and O–H groups in total. The minimum Gasteiger partial charge on any atom is -0.322 e. The van der Waals surface area contributed by atoms with Gasteiger partial charge in [-0.2, -0.15) is 0 Å². The Morgan fingerprint density at radius 2 is 1.54 bits per heavy atom. The lowest BCUT2D eigenvalue weighted by molar-refractivity contribution is 0.102. The highest BCUT2D eigenvalue weighted by molar-refractivity contribution is 7.89. The van der Waals surface area contributed by atoms with E-state index in [1.807, 2.05) is 18.2 Å². The zero-order chi connectivity index (χ0) is 18.4. The number of nitrogens with one attached hydrogen (secondary N) is 2. The van der Waals surface area contributed by atoms with Crippen LogP contribution in [-0.4, -0.2) is 19.3 Å². The summed E-state index contributed by atoms with van der Waals surface area (Å²) in [4.78, 5) is 16.2. The third-order valence-corrected chi connectivity index (χ3v) is 5.09. The number of para-hydroxylation sites is 1.